The van der Waals surface area contributed by atoms with Gasteiger partial charge in [-0.2, -0.15) is 5.26 Å². The van der Waals surface area contributed by atoms with Crippen molar-refractivity contribution in [2.75, 3.05) is 7.11 Å². The quantitative estimate of drug-likeness (QED) is 0.859. The third kappa shape index (κ3) is 2.55. The molecule has 5 heteroatoms. The zero-order chi connectivity index (χ0) is 13.1. The van der Waals surface area contributed by atoms with Crippen molar-refractivity contribution in [3.8, 4) is 22.4 Å². The van der Waals surface area contributed by atoms with Gasteiger partial charge in [0.15, 0.2) is 0 Å². The van der Waals surface area contributed by atoms with Crippen LogP contribution in [-0.2, 0) is 6.42 Å². The van der Waals surface area contributed by atoms with E-state index in [2.05, 4.69) is 27.0 Å². The predicted molar refractivity (Wildman–Crippen MR) is 75.9 cm³/mol. The summed E-state index contributed by atoms with van der Waals surface area (Å²) in [5.74, 6) is 0.797. The fourth-order valence-electron chi connectivity index (χ4n) is 1.62. The van der Waals surface area contributed by atoms with E-state index in [1.54, 1.807) is 7.11 Å². The van der Waals surface area contributed by atoms with Crippen LogP contribution in [-0.4, -0.2) is 12.1 Å². The summed E-state index contributed by atoms with van der Waals surface area (Å²) in [6.07, 6.45) is 0.367. The molecular formula is C13H11BrN2OS. The minimum Gasteiger partial charge on any atom is -0.496 e. The Bertz CT molecular complexity index is 616. The van der Waals surface area contributed by atoms with Crippen LogP contribution in [0.25, 0.3) is 10.6 Å². The second-order valence-corrected chi connectivity index (χ2v) is 5.61. The minimum absolute atomic E-state index is 0.367. The fourth-order valence-corrected chi connectivity index (χ4v) is 3.20. The molecule has 0 saturated heterocycles. The topological polar surface area (TPSA) is 45.9 Å². The van der Waals surface area contributed by atoms with E-state index in [4.69, 9.17) is 10.00 Å². The molecule has 18 heavy (non-hydrogen) atoms. The summed E-state index contributed by atoms with van der Waals surface area (Å²) in [5.41, 5.74) is 2.12. The molecule has 3 nitrogen and oxygen atoms in total. The summed E-state index contributed by atoms with van der Waals surface area (Å²) in [4.78, 5) is 5.39. The first-order chi connectivity index (χ1) is 8.65. The van der Waals surface area contributed by atoms with E-state index < -0.39 is 0 Å². The molecule has 0 amide bonds. The first-order valence-corrected chi connectivity index (χ1v) is 6.94. The van der Waals surface area contributed by atoms with Crippen LogP contribution in [0.4, 0.5) is 0 Å². The van der Waals surface area contributed by atoms with Crippen molar-refractivity contribution in [3.05, 3.63) is 33.2 Å². The largest absolute Gasteiger partial charge is 0.496 e. The summed E-state index contributed by atoms with van der Waals surface area (Å²) in [7, 11) is 1.65. The van der Waals surface area contributed by atoms with Crippen LogP contribution in [0.1, 0.15) is 10.4 Å². The summed E-state index contributed by atoms with van der Waals surface area (Å²) in [6, 6.07) is 8.12. The Kier molecular flexibility index (Phi) is 4.00. The molecule has 0 radical (unpaired) electrons. The smallest absolute Gasteiger partial charge is 0.129 e. The first-order valence-electron chi connectivity index (χ1n) is 5.33. The molecule has 2 aromatic rings. The zero-order valence-corrected chi connectivity index (χ0v) is 12.4. The predicted octanol–water partition coefficient (Wildman–Crippen LogP) is 3.96. The van der Waals surface area contributed by atoms with Gasteiger partial charge in [-0.05, 0) is 35.0 Å². The summed E-state index contributed by atoms with van der Waals surface area (Å²) in [5, 5.41) is 9.62. The van der Waals surface area contributed by atoms with Crippen molar-refractivity contribution in [2.24, 2.45) is 0 Å². The zero-order valence-electron chi connectivity index (χ0n) is 10.0. The monoisotopic (exact) mass is 322 g/mol. The van der Waals surface area contributed by atoms with E-state index in [1.807, 2.05) is 25.1 Å². The van der Waals surface area contributed by atoms with Gasteiger partial charge in [-0.25, -0.2) is 4.98 Å². The van der Waals surface area contributed by atoms with Gasteiger partial charge in [0.25, 0.3) is 0 Å². The van der Waals surface area contributed by atoms with Crippen molar-refractivity contribution in [1.82, 2.24) is 4.98 Å². The number of nitriles is 1. The molecule has 0 bridgehead atoms. The molecule has 0 aliphatic rings. The third-order valence-corrected chi connectivity index (χ3v) is 4.48. The molecule has 0 aliphatic carbocycles. The number of hydrogen-bond donors (Lipinski definition) is 0. The van der Waals surface area contributed by atoms with Crippen molar-refractivity contribution in [3.63, 3.8) is 0 Å². The Morgan fingerprint density at radius 2 is 2.28 bits per heavy atom. The van der Waals surface area contributed by atoms with Gasteiger partial charge in [-0.1, -0.05) is 11.6 Å². The van der Waals surface area contributed by atoms with Gasteiger partial charge < -0.3 is 4.74 Å². The number of rotatable bonds is 3. The van der Waals surface area contributed by atoms with Crippen LogP contribution >= 0.6 is 27.3 Å². The highest BCUT2D eigenvalue weighted by molar-refractivity contribution is 9.10. The average molecular weight is 323 g/mol. The van der Waals surface area contributed by atoms with E-state index in [-0.39, 0.29) is 0 Å². The lowest BCUT2D eigenvalue weighted by Crippen LogP contribution is -1.88. The molecule has 0 N–H and O–H groups in total. The highest BCUT2D eigenvalue weighted by Crippen LogP contribution is 2.36. The van der Waals surface area contributed by atoms with Crippen LogP contribution in [0.5, 0.6) is 5.75 Å². The molecule has 0 unspecified atom stereocenters. The molecule has 0 spiro atoms. The van der Waals surface area contributed by atoms with Crippen molar-refractivity contribution in [2.45, 2.75) is 13.3 Å². The van der Waals surface area contributed by atoms with Gasteiger partial charge in [0.2, 0.25) is 0 Å². The molecule has 0 atom stereocenters. The molecule has 1 heterocycles. The highest BCUT2D eigenvalue weighted by Gasteiger charge is 2.14. The summed E-state index contributed by atoms with van der Waals surface area (Å²) in [6.45, 7) is 2.03. The Morgan fingerprint density at radius 3 is 2.94 bits per heavy atom. The molecule has 1 aromatic carbocycles. The van der Waals surface area contributed by atoms with Crippen molar-refractivity contribution >= 4 is 27.3 Å². The lowest BCUT2D eigenvalue weighted by atomic mass is 10.1. The lowest BCUT2D eigenvalue weighted by Gasteiger charge is -2.06. The van der Waals surface area contributed by atoms with Gasteiger partial charge in [0.05, 0.1) is 30.0 Å². The minimum atomic E-state index is 0.367. The molecular weight excluding hydrogens is 312 g/mol. The Labute approximate surface area is 118 Å². The van der Waals surface area contributed by atoms with Gasteiger partial charge >= 0.3 is 0 Å². The van der Waals surface area contributed by atoms with Crippen LogP contribution in [0.2, 0.25) is 0 Å². The van der Waals surface area contributed by atoms with Crippen molar-refractivity contribution < 1.29 is 4.74 Å². The number of aromatic nitrogens is 1. The molecule has 2 rings (SSSR count). The third-order valence-electron chi connectivity index (χ3n) is 2.47. The molecule has 0 saturated carbocycles. The second-order valence-electron chi connectivity index (χ2n) is 3.77. The average Bonchev–Trinajstić information content (AvgIpc) is 2.71. The molecule has 0 aliphatic heterocycles. The van der Waals surface area contributed by atoms with E-state index in [0.717, 1.165) is 31.4 Å². The Hall–Kier alpha value is -1.38. The van der Waals surface area contributed by atoms with E-state index in [9.17, 15) is 0 Å². The van der Waals surface area contributed by atoms with Gasteiger partial charge in [0, 0.05) is 0 Å². The van der Waals surface area contributed by atoms with E-state index in [0.29, 0.717) is 6.42 Å². The number of methoxy groups -OCH3 is 1. The maximum atomic E-state index is 8.75. The fraction of sp³-hybridized carbons (Fsp3) is 0.231. The van der Waals surface area contributed by atoms with Gasteiger partial charge in [-0.3, -0.25) is 0 Å². The highest BCUT2D eigenvalue weighted by atomic mass is 79.9. The van der Waals surface area contributed by atoms with E-state index >= 15 is 0 Å². The lowest BCUT2D eigenvalue weighted by molar-refractivity contribution is 0.416. The number of hydrogen-bond acceptors (Lipinski definition) is 4. The normalized spacial score (nSPS) is 10.1. The van der Waals surface area contributed by atoms with E-state index in [1.165, 1.54) is 11.3 Å². The number of aryl methyl sites for hydroxylation is 1. The standard InChI is InChI=1S/C13H11BrN2OS/c1-8-3-4-10(17-2)9(7-8)13-16-12(14)11(18-13)5-6-15/h3-4,7H,5H2,1-2H3. The second kappa shape index (κ2) is 5.51. The number of thiazole rings is 1. The Balaban J connectivity index is 2.51. The van der Waals surface area contributed by atoms with Crippen LogP contribution in [0.15, 0.2) is 22.8 Å². The van der Waals surface area contributed by atoms with Crippen LogP contribution in [0, 0.1) is 18.3 Å². The molecule has 92 valence electrons. The first kappa shape index (κ1) is 13.1. The van der Waals surface area contributed by atoms with Gasteiger partial charge in [0.1, 0.15) is 15.4 Å². The van der Waals surface area contributed by atoms with Crippen LogP contribution < -0.4 is 4.74 Å². The number of halogens is 1. The number of nitrogens with zero attached hydrogens (tertiary/aromatic N) is 2. The van der Waals surface area contributed by atoms with Crippen LogP contribution in [0.3, 0.4) is 0 Å². The van der Waals surface area contributed by atoms with Gasteiger partial charge in [-0.15, -0.1) is 11.3 Å². The Morgan fingerprint density at radius 1 is 1.50 bits per heavy atom. The summed E-state index contributed by atoms with van der Waals surface area (Å²) >= 11 is 4.90. The SMILES string of the molecule is COc1ccc(C)cc1-c1nc(Br)c(CC#N)s1. The number of ether oxygens (including phenoxy) is 1. The number of benzene rings is 1. The summed E-state index contributed by atoms with van der Waals surface area (Å²) < 4.78 is 6.09. The van der Waals surface area contributed by atoms with Crippen molar-refractivity contribution in [1.29, 1.82) is 5.26 Å². The molecule has 0 fully saturated rings. The maximum absolute atomic E-state index is 8.75. The molecule has 1 aromatic heterocycles. The maximum Gasteiger partial charge on any atom is 0.129 e.